The van der Waals surface area contributed by atoms with Crippen molar-refractivity contribution in [2.45, 2.75) is 32.6 Å². The largest absolute Gasteiger partial charge is 0.491 e. The van der Waals surface area contributed by atoms with E-state index in [1.807, 2.05) is 25.1 Å². The summed E-state index contributed by atoms with van der Waals surface area (Å²) in [5.74, 6) is 0.898. The lowest BCUT2D eigenvalue weighted by atomic mass is 10.2. The number of aromatic nitrogens is 4. The van der Waals surface area contributed by atoms with E-state index in [1.54, 1.807) is 13.0 Å². The van der Waals surface area contributed by atoms with E-state index in [0.29, 0.717) is 5.75 Å². The van der Waals surface area contributed by atoms with Crippen LogP contribution in [0.2, 0.25) is 0 Å². The van der Waals surface area contributed by atoms with Crippen molar-refractivity contribution in [1.82, 2.24) is 19.1 Å². The standard InChI is InChI=1S/C19H25N5O5/c1-11-5-4-6-14(7-11)29-10-13(26)9-24-15-16(21-18(24)20-8-12(2)25)23(3)19(28)22-17(15)27/h4-7,12-13,25-26H,8-10H2,1-3H3,(H,20,21)(H,22,27,28). The highest BCUT2D eigenvalue weighted by atomic mass is 16.5. The molecule has 10 heteroatoms. The highest BCUT2D eigenvalue weighted by molar-refractivity contribution is 5.74. The van der Waals surface area contributed by atoms with Crippen molar-refractivity contribution in [2.75, 3.05) is 18.5 Å². The van der Waals surface area contributed by atoms with Crippen molar-refractivity contribution < 1.29 is 14.9 Å². The van der Waals surface area contributed by atoms with Gasteiger partial charge in [-0.1, -0.05) is 12.1 Å². The van der Waals surface area contributed by atoms with Crippen LogP contribution >= 0.6 is 0 Å². The second-order valence-corrected chi connectivity index (χ2v) is 7.05. The van der Waals surface area contributed by atoms with E-state index in [2.05, 4.69) is 15.3 Å². The third-order valence-corrected chi connectivity index (χ3v) is 4.39. The zero-order chi connectivity index (χ0) is 21.1. The molecule has 0 spiro atoms. The second kappa shape index (κ2) is 8.50. The Balaban J connectivity index is 1.89. The lowest BCUT2D eigenvalue weighted by Crippen LogP contribution is -2.31. The van der Waals surface area contributed by atoms with Gasteiger partial charge in [-0.3, -0.25) is 14.3 Å². The minimum atomic E-state index is -0.948. The summed E-state index contributed by atoms with van der Waals surface area (Å²) in [4.78, 5) is 30.8. The first-order valence-corrected chi connectivity index (χ1v) is 9.25. The Labute approximate surface area is 166 Å². The number of anilines is 1. The molecular formula is C19H25N5O5. The topological polar surface area (TPSA) is 134 Å². The number of fused-ring (bicyclic) bond motifs is 1. The molecule has 1 aromatic carbocycles. The van der Waals surface area contributed by atoms with Crippen LogP contribution in [0.5, 0.6) is 5.75 Å². The number of aliphatic hydroxyl groups is 2. The Kier molecular flexibility index (Phi) is 6.04. The lowest BCUT2D eigenvalue weighted by Gasteiger charge is -2.16. The van der Waals surface area contributed by atoms with Crippen molar-refractivity contribution >= 4 is 17.1 Å². The average Bonchev–Trinajstić information content (AvgIpc) is 3.02. The highest BCUT2D eigenvalue weighted by Gasteiger charge is 2.20. The first-order valence-electron chi connectivity index (χ1n) is 9.25. The molecule has 0 saturated carbocycles. The van der Waals surface area contributed by atoms with Gasteiger partial charge in [0.15, 0.2) is 11.2 Å². The molecule has 2 atom stereocenters. The SMILES string of the molecule is Cc1cccc(OCC(O)Cn2c(NCC(C)O)nc3c2c(=O)[nH]c(=O)n3C)c1. The van der Waals surface area contributed by atoms with Gasteiger partial charge in [-0.25, -0.2) is 4.79 Å². The number of imidazole rings is 1. The van der Waals surface area contributed by atoms with Crippen molar-refractivity contribution in [2.24, 2.45) is 7.05 Å². The van der Waals surface area contributed by atoms with Crippen LogP contribution < -0.4 is 21.3 Å². The molecule has 0 radical (unpaired) electrons. The zero-order valence-corrected chi connectivity index (χ0v) is 16.5. The first kappa shape index (κ1) is 20.6. The predicted octanol–water partition coefficient (Wildman–Crippen LogP) is -0.0357. The molecule has 3 aromatic rings. The fourth-order valence-corrected chi connectivity index (χ4v) is 2.95. The molecule has 2 unspecified atom stereocenters. The number of aromatic amines is 1. The first-order chi connectivity index (χ1) is 13.8. The average molecular weight is 403 g/mol. The molecular weight excluding hydrogens is 378 g/mol. The summed E-state index contributed by atoms with van der Waals surface area (Å²) in [6.07, 6.45) is -1.60. The van der Waals surface area contributed by atoms with Gasteiger partial charge < -0.3 is 24.8 Å². The van der Waals surface area contributed by atoms with E-state index in [9.17, 15) is 19.8 Å². The van der Waals surface area contributed by atoms with Gasteiger partial charge >= 0.3 is 5.69 Å². The van der Waals surface area contributed by atoms with Gasteiger partial charge in [0.25, 0.3) is 5.56 Å². The van der Waals surface area contributed by atoms with Crippen molar-refractivity contribution in [3.05, 3.63) is 50.7 Å². The number of rotatable bonds is 8. The van der Waals surface area contributed by atoms with Crippen LogP contribution in [0.15, 0.2) is 33.9 Å². The number of H-pyrrole nitrogens is 1. The molecule has 156 valence electrons. The van der Waals surface area contributed by atoms with Crippen molar-refractivity contribution in [1.29, 1.82) is 0 Å². The van der Waals surface area contributed by atoms with Crippen LogP contribution in [-0.4, -0.2) is 54.7 Å². The van der Waals surface area contributed by atoms with E-state index in [4.69, 9.17) is 4.74 Å². The Morgan fingerprint density at radius 3 is 2.76 bits per heavy atom. The Bertz CT molecular complexity index is 1110. The summed E-state index contributed by atoms with van der Waals surface area (Å²) < 4.78 is 8.34. The number of aliphatic hydroxyl groups excluding tert-OH is 2. The lowest BCUT2D eigenvalue weighted by molar-refractivity contribution is 0.0937. The van der Waals surface area contributed by atoms with Gasteiger partial charge in [-0.05, 0) is 31.5 Å². The third-order valence-electron chi connectivity index (χ3n) is 4.39. The molecule has 0 amide bonds. The minimum absolute atomic E-state index is 0.00262. The maximum Gasteiger partial charge on any atom is 0.329 e. The third kappa shape index (κ3) is 4.66. The molecule has 10 nitrogen and oxygen atoms in total. The summed E-state index contributed by atoms with van der Waals surface area (Å²) in [5, 5.41) is 23.0. The van der Waals surface area contributed by atoms with E-state index < -0.39 is 23.5 Å². The van der Waals surface area contributed by atoms with Gasteiger partial charge in [0.1, 0.15) is 18.5 Å². The van der Waals surface area contributed by atoms with E-state index in [-0.39, 0.29) is 36.8 Å². The van der Waals surface area contributed by atoms with Gasteiger partial charge in [0.2, 0.25) is 5.95 Å². The number of nitrogens with zero attached hydrogens (tertiary/aromatic N) is 3. The molecule has 0 bridgehead atoms. The highest BCUT2D eigenvalue weighted by Crippen LogP contribution is 2.17. The maximum atomic E-state index is 12.4. The summed E-state index contributed by atoms with van der Waals surface area (Å²) in [6.45, 7) is 3.74. The number of benzene rings is 1. The monoisotopic (exact) mass is 403 g/mol. The van der Waals surface area contributed by atoms with Gasteiger partial charge in [-0.15, -0.1) is 0 Å². The van der Waals surface area contributed by atoms with E-state index >= 15 is 0 Å². The number of aryl methyl sites for hydroxylation is 2. The van der Waals surface area contributed by atoms with Crippen LogP contribution in [0.4, 0.5) is 5.95 Å². The predicted molar refractivity (Wildman–Crippen MR) is 108 cm³/mol. The Morgan fingerprint density at radius 1 is 1.31 bits per heavy atom. The summed E-state index contributed by atoms with van der Waals surface area (Å²) >= 11 is 0. The summed E-state index contributed by atoms with van der Waals surface area (Å²) in [7, 11) is 1.49. The van der Waals surface area contributed by atoms with Gasteiger partial charge in [0.05, 0.1) is 12.6 Å². The van der Waals surface area contributed by atoms with Crippen molar-refractivity contribution in [3.8, 4) is 5.75 Å². The fraction of sp³-hybridized carbons (Fsp3) is 0.421. The van der Waals surface area contributed by atoms with Crippen LogP contribution in [0.25, 0.3) is 11.2 Å². The normalized spacial score (nSPS) is 13.4. The molecule has 0 aliphatic carbocycles. The fourth-order valence-electron chi connectivity index (χ4n) is 2.95. The summed E-state index contributed by atoms with van der Waals surface area (Å²) in [5.41, 5.74) is 0.174. The Morgan fingerprint density at radius 2 is 2.07 bits per heavy atom. The quantitative estimate of drug-likeness (QED) is 0.415. The minimum Gasteiger partial charge on any atom is -0.491 e. The van der Waals surface area contributed by atoms with Gasteiger partial charge in [-0.2, -0.15) is 4.98 Å². The second-order valence-electron chi connectivity index (χ2n) is 7.05. The van der Waals surface area contributed by atoms with Crippen LogP contribution in [-0.2, 0) is 13.6 Å². The number of hydrogen-bond donors (Lipinski definition) is 4. The smallest absolute Gasteiger partial charge is 0.329 e. The molecule has 2 heterocycles. The molecule has 0 aliphatic heterocycles. The molecule has 3 rings (SSSR count). The zero-order valence-electron chi connectivity index (χ0n) is 16.5. The molecule has 0 aliphatic rings. The number of nitrogens with one attached hydrogen (secondary N) is 2. The van der Waals surface area contributed by atoms with Crippen LogP contribution in [0, 0.1) is 6.92 Å². The Hall–Kier alpha value is -3.11. The van der Waals surface area contributed by atoms with Crippen LogP contribution in [0.1, 0.15) is 12.5 Å². The molecule has 0 saturated heterocycles. The molecule has 29 heavy (non-hydrogen) atoms. The summed E-state index contributed by atoms with van der Waals surface area (Å²) in [6, 6.07) is 7.45. The van der Waals surface area contributed by atoms with Crippen molar-refractivity contribution in [3.63, 3.8) is 0 Å². The van der Waals surface area contributed by atoms with E-state index in [0.717, 1.165) is 5.56 Å². The number of hydrogen-bond acceptors (Lipinski definition) is 7. The molecule has 2 aromatic heterocycles. The maximum absolute atomic E-state index is 12.4. The molecule has 4 N–H and O–H groups in total. The van der Waals surface area contributed by atoms with Crippen LogP contribution in [0.3, 0.4) is 0 Å². The van der Waals surface area contributed by atoms with E-state index in [1.165, 1.54) is 16.2 Å². The van der Waals surface area contributed by atoms with Gasteiger partial charge in [0, 0.05) is 13.6 Å². The number of ether oxygens (including phenoxy) is 1. The molecule has 0 fully saturated rings.